The highest BCUT2D eigenvalue weighted by Gasteiger charge is 2.23. The van der Waals surface area contributed by atoms with Gasteiger partial charge < -0.3 is 10.5 Å². The third-order valence-electron chi connectivity index (χ3n) is 2.66. The van der Waals surface area contributed by atoms with Crippen molar-refractivity contribution in [2.24, 2.45) is 11.7 Å². The molecule has 0 atom stereocenters. The van der Waals surface area contributed by atoms with Crippen LogP contribution in [0.25, 0.3) is 0 Å². The number of benzene rings is 1. The molecule has 1 aliphatic rings. The summed E-state index contributed by atoms with van der Waals surface area (Å²) >= 11 is 5.97. The van der Waals surface area contributed by atoms with E-state index in [2.05, 4.69) is 0 Å². The molecule has 0 aromatic heterocycles. The van der Waals surface area contributed by atoms with E-state index in [1.807, 2.05) is 0 Å². The molecule has 0 bridgehead atoms. The molecule has 2 N–H and O–H groups in total. The van der Waals surface area contributed by atoms with Crippen molar-refractivity contribution in [1.82, 2.24) is 0 Å². The van der Waals surface area contributed by atoms with Crippen LogP contribution in [0.1, 0.15) is 18.4 Å². The summed E-state index contributed by atoms with van der Waals surface area (Å²) in [6.45, 7) is 1.13. The third-order valence-corrected chi connectivity index (χ3v) is 2.94. The summed E-state index contributed by atoms with van der Waals surface area (Å²) < 4.78 is 18.8. The Morgan fingerprint density at radius 1 is 1.44 bits per heavy atom. The zero-order valence-corrected chi connectivity index (χ0v) is 9.77. The van der Waals surface area contributed by atoms with Gasteiger partial charge >= 0.3 is 0 Å². The number of rotatable bonds is 5. The van der Waals surface area contributed by atoms with E-state index in [1.165, 1.54) is 25.0 Å². The van der Waals surface area contributed by atoms with E-state index in [0.29, 0.717) is 36.3 Å². The van der Waals surface area contributed by atoms with Crippen molar-refractivity contribution in [3.8, 4) is 5.75 Å². The van der Waals surface area contributed by atoms with Gasteiger partial charge in [0.25, 0.3) is 0 Å². The van der Waals surface area contributed by atoms with Gasteiger partial charge in [-0.15, -0.1) is 0 Å². The topological polar surface area (TPSA) is 35.2 Å². The zero-order valence-electron chi connectivity index (χ0n) is 9.01. The first-order valence-electron chi connectivity index (χ1n) is 5.51. The lowest BCUT2D eigenvalue weighted by atomic mass is 10.1. The van der Waals surface area contributed by atoms with E-state index in [9.17, 15) is 4.39 Å². The van der Waals surface area contributed by atoms with Crippen molar-refractivity contribution < 1.29 is 9.13 Å². The fraction of sp³-hybridized carbons (Fsp3) is 0.500. The Morgan fingerprint density at radius 2 is 2.19 bits per heavy atom. The third kappa shape index (κ3) is 2.86. The molecule has 1 saturated carbocycles. The largest absolute Gasteiger partial charge is 0.491 e. The van der Waals surface area contributed by atoms with Gasteiger partial charge in [0.15, 0.2) is 0 Å². The van der Waals surface area contributed by atoms with Crippen LogP contribution in [0.4, 0.5) is 4.39 Å². The number of ether oxygens (including phenoxy) is 1. The van der Waals surface area contributed by atoms with E-state index in [-0.39, 0.29) is 5.82 Å². The first kappa shape index (κ1) is 11.7. The molecule has 0 heterocycles. The average Bonchev–Trinajstić information content (AvgIpc) is 3.00. The Balaban J connectivity index is 2.16. The normalized spacial score (nSPS) is 15.2. The van der Waals surface area contributed by atoms with Crippen LogP contribution in [-0.4, -0.2) is 13.2 Å². The Bertz CT molecular complexity index is 380. The molecular weight excluding hydrogens is 229 g/mol. The van der Waals surface area contributed by atoms with Crippen molar-refractivity contribution in [2.45, 2.75) is 19.3 Å². The van der Waals surface area contributed by atoms with Crippen molar-refractivity contribution >= 4 is 11.6 Å². The summed E-state index contributed by atoms with van der Waals surface area (Å²) in [6.07, 6.45) is 3.01. The van der Waals surface area contributed by atoms with Gasteiger partial charge in [0.2, 0.25) is 0 Å². The van der Waals surface area contributed by atoms with E-state index < -0.39 is 0 Å². The lowest BCUT2D eigenvalue weighted by Gasteiger charge is -2.12. The maximum atomic E-state index is 13.2. The van der Waals surface area contributed by atoms with Crippen molar-refractivity contribution in [1.29, 1.82) is 0 Å². The van der Waals surface area contributed by atoms with Crippen LogP contribution in [0, 0.1) is 11.7 Å². The predicted octanol–water partition coefficient (Wildman–Crippen LogP) is 2.77. The van der Waals surface area contributed by atoms with Gasteiger partial charge in [0.1, 0.15) is 11.6 Å². The van der Waals surface area contributed by atoms with E-state index in [1.54, 1.807) is 0 Å². The highest BCUT2D eigenvalue weighted by atomic mass is 35.5. The molecular formula is C12H15ClFNO. The van der Waals surface area contributed by atoms with Gasteiger partial charge in [-0.3, -0.25) is 0 Å². The van der Waals surface area contributed by atoms with Crippen molar-refractivity contribution in [3.05, 3.63) is 28.5 Å². The van der Waals surface area contributed by atoms with Crippen LogP contribution in [0.3, 0.4) is 0 Å². The maximum absolute atomic E-state index is 13.2. The van der Waals surface area contributed by atoms with Crippen LogP contribution in [-0.2, 0) is 6.42 Å². The van der Waals surface area contributed by atoms with Crippen LogP contribution in [0.15, 0.2) is 12.1 Å². The van der Waals surface area contributed by atoms with Crippen molar-refractivity contribution in [2.75, 3.05) is 13.2 Å². The molecule has 4 heteroatoms. The summed E-state index contributed by atoms with van der Waals surface area (Å²) in [5.74, 6) is 0.902. The summed E-state index contributed by atoms with van der Waals surface area (Å²) in [6, 6.07) is 2.73. The van der Waals surface area contributed by atoms with Crippen LogP contribution in [0.2, 0.25) is 5.02 Å². The smallest absolute Gasteiger partial charge is 0.141 e. The molecule has 0 saturated heterocycles. The molecule has 88 valence electrons. The molecule has 0 unspecified atom stereocenters. The van der Waals surface area contributed by atoms with E-state index in [0.717, 1.165) is 5.56 Å². The molecule has 2 nitrogen and oxygen atoms in total. The minimum Gasteiger partial charge on any atom is -0.491 e. The minimum absolute atomic E-state index is 0.337. The molecule has 0 amide bonds. The quantitative estimate of drug-likeness (QED) is 0.863. The minimum atomic E-state index is -0.341. The highest BCUT2D eigenvalue weighted by molar-refractivity contribution is 6.32. The van der Waals surface area contributed by atoms with Gasteiger partial charge in [-0.2, -0.15) is 0 Å². The summed E-state index contributed by atoms with van der Waals surface area (Å²) in [7, 11) is 0. The fourth-order valence-electron chi connectivity index (χ4n) is 1.60. The molecule has 0 spiro atoms. The van der Waals surface area contributed by atoms with Crippen LogP contribution >= 0.6 is 11.6 Å². The van der Waals surface area contributed by atoms with Crippen LogP contribution in [0.5, 0.6) is 5.75 Å². The highest BCUT2D eigenvalue weighted by Crippen LogP contribution is 2.34. The first-order valence-corrected chi connectivity index (χ1v) is 5.89. The van der Waals surface area contributed by atoms with E-state index >= 15 is 0 Å². The zero-order chi connectivity index (χ0) is 11.5. The predicted molar refractivity (Wildman–Crippen MR) is 62.4 cm³/mol. The molecule has 0 aliphatic heterocycles. The molecule has 1 aromatic carbocycles. The second-order valence-corrected chi connectivity index (χ2v) is 4.58. The van der Waals surface area contributed by atoms with Crippen molar-refractivity contribution in [3.63, 3.8) is 0 Å². The van der Waals surface area contributed by atoms with E-state index in [4.69, 9.17) is 22.1 Å². The molecule has 0 radical (unpaired) electrons. The summed E-state index contributed by atoms with van der Waals surface area (Å²) in [5.41, 5.74) is 6.23. The number of hydrogen-bond acceptors (Lipinski definition) is 2. The second-order valence-electron chi connectivity index (χ2n) is 4.17. The molecule has 16 heavy (non-hydrogen) atoms. The Labute approximate surface area is 99.5 Å². The van der Waals surface area contributed by atoms with Crippen LogP contribution < -0.4 is 10.5 Å². The lowest BCUT2D eigenvalue weighted by Crippen LogP contribution is -2.07. The molecule has 1 aliphatic carbocycles. The standard InChI is InChI=1S/C12H15ClFNO/c13-11-6-10(14)5-9(3-4-15)12(11)16-7-8-1-2-8/h5-6,8H,1-4,7,15H2. The SMILES string of the molecule is NCCc1cc(F)cc(Cl)c1OCC1CC1. The molecule has 1 fully saturated rings. The van der Waals surface area contributed by atoms with Gasteiger partial charge in [0.05, 0.1) is 11.6 Å². The Hall–Kier alpha value is -0.800. The fourth-order valence-corrected chi connectivity index (χ4v) is 1.88. The monoisotopic (exact) mass is 243 g/mol. The summed E-state index contributed by atoms with van der Waals surface area (Å²) in [4.78, 5) is 0. The maximum Gasteiger partial charge on any atom is 0.141 e. The van der Waals surface area contributed by atoms with Gasteiger partial charge in [-0.1, -0.05) is 11.6 Å². The first-order chi connectivity index (χ1) is 7.70. The Morgan fingerprint density at radius 3 is 2.81 bits per heavy atom. The number of hydrogen-bond donors (Lipinski definition) is 1. The molecule has 2 rings (SSSR count). The summed E-state index contributed by atoms with van der Waals surface area (Å²) in [5, 5.41) is 0.337. The average molecular weight is 244 g/mol. The molecule has 1 aromatic rings. The number of nitrogens with two attached hydrogens (primary N) is 1. The number of halogens is 2. The Kier molecular flexibility index (Phi) is 3.66. The van der Waals surface area contributed by atoms with Gasteiger partial charge in [0, 0.05) is 0 Å². The lowest BCUT2D eigenvalue weighted by molar-refractivity contribution is 0.296. The van der Waals surface area contributed by atoms with Gasteiger partial charge in [-0.25, -0.2) is 4.39 Å². The second kappa shape index (κ2) is 5.02. The van der Waals surface area contributed by atoms with Gasteiger partial charge in [-0.05, 0) is 49.4 Å².